The number of rotatable bonds is 5. The second kappa shape index (κ2) is 5.77. The summed E-state index contributed by atoms with van der Waals surface area (Å²) in [5.74, 6) is -0.983. The maximum atomic E-state index is 12.0. The number of aliphatic carboxylic acids is 1. The zero-order valence-corrected chi connectivity index (χ0v) is 11.0. The minimum absolute atomic E-state index is 0.0761. The molecule has 0 fully saturated rings. The van der Waals surface area contributed by atoms with E-state index < -0.39 is 5.97 Å². The summed E-state index contributed by atoms with van der Waals surface area (Å²) in [5, 5.41) is 9.38. The molecule has 5 nitrogen and oxygen atoms in total. The van der Waals surface area contributed by atoms with Gasteiger partial charge in [0.15, 0.2) is 0 Å². The van der Waals surface area contributed by atoms with Gasteiger partial charge in [0, 0.05) is 24.9 Å². The van der Waals surface area contributed by atoms with E-state index in [9.17, 15) is 9.59 Å². The first kappa shape index (κ1) is 13.6. The van der Waals surface area contributed by atoms with E-state index in [2.05, 4.69) is 4.98 Å². The Hall–Kier alpha value is -1.43. The van der Waals surface area contributed by atoms with Crippen LogP contribution in [0.5, 0.6) is 0 Å². The van der Waals surface area contributed by atoms with Crippen LogP contribution in [0.3, 0.4) is 0 Å². The monoisotopic (exact) mass is 256 g/mol. The number of carbonyl (C=O) groups is 2. The molecule has 0 spiro atoms. The highest BCUT2D eigenvalue weighted by molar-refractivity contribution is 7.11. The van der Waals surface area contributed by atoms with Gasteiger partial charge in [-0.05, 0) is 20.3 Å². The predicted molar refractivity (Wildman–Crippen MR) is 65.4 cm³/mol. The molecule has 1 N–H and O–H groups in total. The third kappa shape index (κ3) is 3.81. The molecule has 0 aliphatic carbocycles. The van der Waals surface area contributed by atoms with Crippen LogP contribution in [0, 0.1) is 13.8 Å². The quantitative estimate of drug-likeness (QED) is 0.870. The summed E-state index contributed by atoms with van der Waals surface area (Å²) in [6.45, 7) is 4.16. The maximum Gasteiger partial charge on any atom is 0.303 e. The number of amides is 1. The maximum absolute atomic E-state index is 12.0. The zero-order chi connectivity index (χ0) is 13.0. The summed E-state index contributed by atoms with van der Waals surface area (Å²) in [5.41, 5.74) is 0.477. The van der Waals surface area contributed by atoms with Gasteiger partial charge in [-0.25, -0.2) is 4.98 Å². The zero-order valence-electron chi connectivity index (χ0n) is 10.2. The Kier molecular flexibility index (Phi) is 4.62. The molecule has 0 atom stereocenters. The third-order valence-corrected chi connectivity index (χ3v) is 3.22. The fraction of sp³-hybridized carbons (Fsp3) is 0.545. The first-order valence-corrected chi connectivity index (χ1v) is 6.14. The van der Waals surface area contributed by atoms with Crippen molar-refractivity contribution in [3.05, 3.63) is 15.6 Å². The van der Waals surface area contributed by atoms with E-state index in [4.69, 9.17) is 5.11 Å². The van der Waals surface area contributed by atoms with Crippen LogP contribution in [0.15, 0.2) is 0 Å². The highest BCUT2D eigenvalue weighted by Crippen LogP contribution is 2.17. The Balaban J connectivity index is 2.57. The normalized spacial score (nSPS) is 10.3. The van der Waals surface area contributed by atoms with Crippen LogP contribution >= 0.6 is 11.3 Å². The number of carboxylic acids is 1. The van der Waals surface area contributed by atoms with Gasteiger partial charge in [0.25, 0.3) is 5.91 Å². The Labute approximate surface area is 104 Å². The summed E-state index contributed by atoms with van der Waals surface area (Å²) in [7, 11) is 1.66. The van der Waals surface area contributed by atoms with Gasteiger partial charge >= 0.3 is 5.97 Å². The number of aryl methyl sites for hydroxylation is 2. The average molecular weight is 256 g/mol. The predicted octanol–water partition coefficient (Wildman–Crippen LogP) is 1.70. The number of carboxylic acid groups (broad SMARTS) is 1. The molecule has 1 aromatic heterocycles. The molecule has 6 heteroatoms. The molecule has 0 saturated carbocycles. The molecule has 0 unspecified atom stereocenters. The first-order valence-electron chi connectivity index (χ1n) is 5.33. The molecule has 17 heavy (non-hydrogen) atoms. The minimum Gasteiger partial charge on any atom is -0.481 e. The molecule has 0 radical (unpaired) electrons. The lowest BCUT2D eigenvalue weighted by molar-refractivity contribution is -0.137. The van der Waals surface area contributed by atoms with Crippen molar-refractivity contribution < 1.29 is 14.7 Å². The number of hydrogen-bond donors (Lipinski definition) is 1. The standard InChI is InChI=1S/C11H16N2O3S/c1-7-10(12-8(2)17-7)11(16)13(3)6-4-5-9(14)15/h4-6H2,1-3H3,(H,14,15). The van der Waals surface area contributed by atoms with Gasteiger partial charge in [-0.2, -0.15) is 0 Å². The SMILES string of the molecule is Cc1nc(C(=O)N(C)CCCC(=O)O)c(C)s1. The molecule has 1 heterocycles. The molecule has 0 aromatic carbocycles. The number of thiazole rings is 1. The van der Waals surface area contributed by atoms with E-state index in [1.165, 1.54) is 16.2 Å². The van der Waals surface area contributed by atoms with Crippen LogP contribution in [0.1, 0.15) is 33.2 Å². The number of carbonyl (C=O) groups excluding carboxylic acids is 1. The van der Waals surface area contributed by atoms with Crippen LogP contribution in [0.2, 0.25) is 0 Å². The van der Waals surface area contributed by atoms with Crippen molar-refractivity contribution in [2.45, 2.75) is 26.7 Å². The van der Waals surface area contributed by atoms with Crippen molar-refractivity contribution >= 4 is 23.2 Å². The van der Waals surface area contributed by atoms with Crippen molar-refractivity contribution in [1.82, 2.24) is 9.88 Å². The van der Waals surface area contributed by atoms with Gasteiger partial charge in [0.1, 0.15) is 5.69 Å². The average Bonchev–Trinajstić information content (AvgIpc) is 2.56. The Morgan fingerprint density at radius 1 is 1.41 bits per heavy atom. The van der Waals surface area contributed by atoms with E-state index in [0.29, 0.717) is 18.7 Å². The number of hydrogen-bond acceptors (Lipinski definition) is 4. The highest BCUT2D eigenvalue weighted by atomic mass is 32.1. The van der Waals surface area contributed by atoms with E-state index >= 15 is 0 Å². The molecule has 1 rings (SSSR count). The van der Waals surface area contributed by atoms with Crippen LogP contribution in [0.4, 0.5) is 0 Å². The molecule has 94 valence electrons. The lowest BCUT2D eigenvalue weighted by Gasteiger charge is -2.15. The molecule has 0 aliphatic rings. The van der Waals surface area contributed by atoms with E-state index in [0.717, 1.165) is 9.88 Å². The van der Waals surface area contributed by atoms with E-state index in [1.807, 2.05) is 13.8 Å². The van der Waals surface area contributed by atoms with Crippen molar-refractivity contribution in [3.8, 4) is 0 Å². The van der Waals surface area contributed by atoms with Crippen molar-refractivity contribution in [2.24, 2.45) is 0 Å². The molecular weight excluding hydrogens is 240 g/mol. The summed E-state index contributed by atoms with van der Waals surface area (Å²) in [6.07, 6.45) is 0.534. The number of nitrogens with zero attached hydrogens (tertiary/aromatic N) is 2. The Morgan fingerprint density at radius 2 is 2.06 bits per heavy atom. The van der Waals surface area contributed by atoms with Crippen LogP contribution < -0.4 is 0 Å². The van der Waals surface area contributed by atoms with Crippen molar-refractivity contribution in [3.63, 3.8) is 0 Å². The van der Waals surface area contributed by atoms with Crippen LogP contribution in [-0.4, -0.2) is 40.5 Å². The second-order valence-electron chi connectivity index (χ2n) is 3.86. The van der Waals surface area contributed by atoms with Gasteiger partial charge in [0.05, 0.1) is 5.01 Å². The van der Waals surface area contributed by atoms with Gasteiger partial charge in [0.2, 0.25) is 0 Å². The van der Waals surface area contributed by atoms with Gasteiger partial charge in [-0.1, -0.05) is 0 Å². The van der Waals surface area contributed by atoms with Crippen molar-refractivity contribution in [1.29, 1.82) is 0 Å². The minimum atomic E-state index is -0.841. The Morgan fingerprint density at radius 3 is 2.53 bits per heavy atom. The summed E-state index contributed by atoms with van der Waals surface area (Å²) in [4.78, 5) is 28.9. The highest BCUT2D eigenvalue weighted by Gasteiger charge is 2.17. The lowest BCUT2D eigenvalue weighted by Crippen LogP contribution is -2.28. The molecule has 0 bridgehead atoms. The third-order valence-electron chi connectivity index (χ3n) is 2.34. The lowest BCUT2D eigenvalue weighted by atomic mass is 10.2. The summed E-state index contributed by atoms with van der Waals surface area (Å²) < 4.78 is 0. The Bertz CT molecular complexity index is 428. The fourth-order valence-electron chi connectivity index (χ4n) is 1.48. The molecule has 1 aromatic rings. The molecule has 1 amide bonds. The second-order valence-corrected chi connectivity index (χ2v) is 5.27. The number of aromatic nitrogens is 1. The van der Waals surface area contributed by atoms with Gasteiger partial charge in [-0.3, -0.25) is 9.59 Å². The van der Waals surface area contributed by atoms with Gasteiger partial charge < -0.3 is 10.0 Å². The summed E-state index contributed by atoms with van der Waals surface area (Å²) >= 11 is 1.49. The molecular formula is C11H16N2O3S. The van der Waals surface area contributed by atoms with E-state index in [-0.39, 0.29) is 12.3 Å². The smallest absolute Gasteiger partial charge is 0.303 e. The molecule has 0 aliphatic heterocycles. The van der Waals surface area contributed by atoms with Crippen molar-refractivity contribution in [2.75, 3.05) is 13.6 Å². The topological polar surface area (TPSA) is 70.5 Å². The van der Waals surface area contributed by atoms with Crippen LogP contribution in [0.25, 0.3) is 0 Å². The van der Waals surface area contributed by atoms with E-state index in [1.54, 1.807) is 7.05 Å². The summed E-state index contributed by atoms with van der Waals surface area (Å²) in [6, 6.07) is 0. The fourth-order valence-corrected chi connectivity index (χ4v) is 2.29. The van der Waals surface area contributed by atoms with Crippen LogP contribution in [-0.2, 0) is 4.79 Å². The van der Waals surface area contributed by atoms with Gasteiger partial charge in [-0.15, -0.1) is 11.3 Å². The largest absolute Gasteiger partial charge is 0.481 e. The first-order chi connectivity index (χ1) is 7.91. The molecule has 0 saturated heterocycles.